The molecule has 0 aliphatic carbocycles. The molecule has 0 bridgehead atoms. The monoisotopic (exact) mass is 183 g/mol. The normalized spacial score (nSPS) is 15.6. The fraction of sp³-hybridized carbons (Fsp3) is 0.600. The third-order valence-electron chi connectivity index (χ3n) is 1.93. The molecule has 0 radical (unpaired) electrons. The fourth-order valence-corrected chi connectivity index (χ4v) is 1.76. The maximum Gasteiger partial charge on any atom is 0.0214 e. The van der Waals surface area contributed by atoms with Crippen molar-refractivity contribution in [2.24, 2.45) is 0 Å². The molecule has 12 heavy (non-hydrogen) atoms. The van der Waals surface area contributed by atoms with Crippen LogP contribution in [0.25, 0.3) is 0 Å². The van der Waals surface area contributed by atoms with Crippen molar-refractivity contribution >= 4 is 11.9 Å². The summed E-state index contributed by atoms with van der Waals surface area (Å²) < 4.78 is 3.29. The highest BCUT2D eigenvalue weighted by molar-refractivity contribution is 8.00. The second kappa shape index (κ2) is 6.18. The first-order valence-electron chi connectivity index (χ1n) is 4.71. The summed E-state index contributed by atoms with van der Waals surface area (Å²) in [6.45, 7) is 2.25. The predicted octanol–water partition coefficient (Wildman–Crippen LogP) is 3.61. The Labute approximate surface area is 79.4 Å². The zero-order chi connectivity index (χ0) is 8.65. The Morgan fingerprint density at radius 1 is 1.33 bits per heavy atom. The molecule has 0 saturated heterocycles. The molecule has 0 aromatic carbocycles. The van der Waals surface area contributed by atoms with E-state index in [9.17, 15) is 0 Å². The van der Waals surface area contributed by atoms with Gasteiger partial charge in [0.2, 0.25) is 0 Å². The van der Waals surface area contributed by atoms with E-state index in [1.807, 2.05) is 0 Å². The number of hydrogen-bond acceptors (Lipinski definition) is 2. The van der Waals surface area contributed by atoms with Gasteiger partial charge in [-0.1, -0.05) is 32.3 Å². The molecule has 68 valence electrons. The summed E-state index contributed by atoms with van der Waals surface area (Å²) >= 11 is 1.67. The van der Waals surface area contributed by atoms with Gasteiger partial charge in [-0.2, -0.15) is 0 Å². The van der Waals surface area contributed by atoms with Crippen molar-refractivity contribution in [3.05, 3.63) is 23.3 Å². The predicted molar refractivity (Wildman–Crippen MR) is 56.7 cm³/mol. The van der Waals surface area contributed by atoms with Crippen molar-refractivity contribution in [1.82, 2.24) is 4.72 Å². The minimum Gasteiger partial charge on any atom is -0.330 e. The van der Waals surface area contributed by atoms with Crippen LogP contribution in [0.4, 0.5) is 0 Å². The van der Waals surface area contributed by atoms with E-state index in [1.54, 1.807) is 11.9 Å². The number of rotatable bonds is 5. The summed E-state index contributed by atoms with van der Waals surface area (Å²) in [5.41, 5.74) is 1.37. The van der Waals surface area contributed by atoms with E-state index in [4.69, 9.17) is 0 Å². The van der Waals surface area contributed by atoms with Gasteiger partial charge in [-0.15, -0.1) is 0 Å². The van der Waals surface area contributed by atoms with Crippen LogP contribution in [0.15, 0.2) is 23.3 Å². The summed E-state index contributed by atoms with van der Waals surface area (Å²) in [5, 5.41) is 2.07. The highest BCUT2D eigenvalue weighted by Crippen LogP contribution is 2.14. The lowest BCUT2D eigenvalue weighted by molar-refractivity contribution is 0.659. The van der Waals surface area contributed by atoms with Gasteiger partial charge in [-0.25, -0.2) is 0 Å². The Kier molecular flexibility index (Phi) is 5.00. The Balaban J connectivity index is 2.06. The van der Waals surface area contributed by atoms with E-state index >= 15 is 0 Å². The Morgan fingerprint density at radius 3 is 2.92 bits per heavy atom. The van der Waals surface area contributed by atoms with Gasteiger partial charge < -0.3 is 4.72 Å². The van der Waals surface area contributed by atoms with Crippen LogP contribution >= 0.6 is 11.9 Å². The third kappa shape index (κ3) is 3.86. The number of allylic oxidation sites excluding steroid dienone is 3. The van der Waals surface area contributed by atoms with Gasteiger partial charge in [0.1, 0.15) is 0 Å². The van der Waals surface area contributed by atoms with Gasteiger partial charge in [0.25, 0.3) is 0 Å². The van der Waals surface area contributed by atoms with Crippen molar-refractivity contribution in [3.8, 4) is 0 Å². The number of nitrogens with one attached hydrogen (secondary N) is 1. The molecular formula is C10H17NS. The van der Waals surface area contributed by atoms with Gasteiger partial charge in [0.15, 0.2) is 0 Å². The zero-order valence-electron chi connectivity index (χ0n) is 7.68. The molecule has 0 spiro atoms. The van der Waals surface area contributed by atoms with Crippen molar-refractivity contribution in [2.75, 3.05) is 0 Å². The maximum atomic E-state index is 3.29. The molecule has 1 rings (SSSR count). The minimum atomic E-state index is 1.21. The lowest BCUT2D eigenvalue weighted by Gasteiger charge is -2.10. The van der Waals surface area contributed by atoms with Crippen LogP contribution in [0.3, 0.4) is 0 Å². The summed E-state index contributed by atoms with van der Waals surface area (Å²) in [7, 11) is 0. The van der Waals surface area contributed by atoms with E-state index in [1.165, 1.54) is 37.8 Å². The van der Waals surface area contributed by atoms with Gasteiger partial charge >= 0.3 is 0 Å². The van der Waals surface area contributed by atoms with E-state index in [2.05, 4.69) is 29.2 Å². The molecule has 1 nitrogen and oxygen atoms in total. The molecule has 1 N–H and O–H groups in total. The minimum absolute atomic E-state index is 1.21. The lowest BCUT2D eigenvalue weighted by Crippen LogP contribution is -2.03. The third-order valence-corrected chi connectivity index (χ3v) is 2.61. The molecule has 1 aliphatic heterocycles. The van der Waals surface area contributed by atoms with E-state index in [-0.39, 0.29) is 0 Å². The van der Waals surface area contributed by atoms with Crippen LogP contribution in [0.5, 0.6) is 0 Å². The maximum absolute atomic E-state index is 3.29. The van der Waals surface area contributed by atoms with Crippen LogP contribution in [0.1, 0.15) is 39.0 Å². The Morgan fingerprint density at radius 2 is 2.25 bits per heavy atom. The highest BCUT2D eigenvalue weighted by Gasteiger charge is 1.97. The number of hydrogen-bond donors (Lipinski definition) is 1. The van der Waals surface area contributed by atoms with Gasteiger partial charge in [-0.3, -0.25) is 0 Å². The largest absolute Gasteiger partial charge is 0.330 e. The average Bonchev–Trinajstić information content (AvgIpc) is 2.14. The average molecular weight is 183 g/mol. The summed E-state index contributed by atoms with van der Waals surface area (Å²) in [4.78, 5) is 0. The molecule has 2 heteroatoms. The first-order chi connectivity index (χ1) is 5.93. The first-order valence-corrected chi connectivity index (χ1v) is 5.59. The van der Waals surface area contributed by atoms with Crippen LogP contribution in [-0.4, -0.2) is 0 Å². The van der Waals surface area contributed by atoms with Crippen LogP contribution in [-0.2, 0) is 0 Å². The van der Waals surface area contributed by atoms with E-state index in [0.29, 0.717) is 0 Å². The summed E-state index contributed by atoms with van der Waals surface area (Å²) in [5.74, 6) is 0. The van der Waals surface area contributed by atoms with Crippen molar-refractivity contribution in [3.63, 3.8) is 0 Å². The highest BCUT2D eigenvalue weighted by atomic mass is 32.2. The van der Waals surface area contributed by atoms with Crippen molar-refractivity contribution in [1.29, 1.82) is 0 Å². The molecule has 1 aliphatic rings. The molecule has 0 amide bonds. The molecule has 0 saturated carbocycles. The van der Waals surface area contributed by atoms with Crippen LogP contribution in [0.2, 0.25) is 0 Å². The summed E-state index contributed by atoms with van der Waals surface area (Å²) in [6.07, 6.45) is 10.9. The van der Waals surface area contributed by atoms with Crippen LogP contribution in [0, 0.1) is 0 Å². The topological polar surface area (TPSA) is 12.0 Å². The second-order valence-electron chi connectivity index (χ2n) is 3.05. The fourth-order valence-electron chi connectivity index (χ4n) is 1.22. The first kappa shape index (κ1) is 9.72. The van der Waals surface area contributed by atoms with Crippen LogP contribution < -0.4 is 4.72 Å². The Hall–Kier alpha value is -0.370. The smallest absolute Gasteiger partial charge is 0.0214 e. The Bertz CT molecular complexity index is 173. The number of unbranched alkanes of at least 4 members (excludes halogenated alkanes) is 3. The zero-order valence-corrected chi connectivity index (χ0v) is 8.49. The van der Waals surface area contributed by atoms with E-state index in [0.717, 1.165) is 0 Å². The second-order valence-corrected chi connectivity index (χ2v) is 3.76. The standard InChI is InChI=1S/C10H17NS/c1-2-3-4-5-7-10-8-6-9-12-11-10/h6,8-9,11H,2-5,7H2,1H3. The SMILES string of the molecule is CCCCCCC1=CC=CSN1. The lowest BCUT2D eigenvalue weighted by atomic mass is 10.1. The van der Waals surface area contributed by atoms with Gasteiger partial charge in [0, 0.05) is 5.70 Å². The molecule has 0 aromatic heterocycles. The van der Waals surface area contributed by atoms with Crippen molar-refractivity contribution in [2.45, 2.75) is 39.0 Å². The van der Waals surface area contributed by atoms with Gasteiger partial charge in [-0.05, 0) is 36.3 Å². The van der Waals surface area contributed by atoms with E-state index < -0.39 is 0 Å². The molecule has 0 aromatic rings. The quantitative estimate of drug-likeness (QED) is 0.516. The van der Waals surface area contributed by atoms with Gasteiger partial charge in [0.05, 0.1) is 0 Å². The molecule has 0 atom stereocenters. The van der Waals surface area contributed by atoms with Crippen molar-refractivity contribution < 1.29 is 0 Å². The molecule has 1 heterocycles. The molecule has 0 fully saturated rings. The molecular weight excluding hydrogens is 166 g/mol. The summed E-state index contributed by atoms with van der Waals surface area (Å²) in [6, 6.07) is 0. The molecule has 0 unspecified atom stereocenters.